The molecule has 0 heterocycles. The molecule has 2 aromatic rings. The first-order valence-corrected chi connectivity index (χ1v) is 6.57. The highest BCUT2D eigenvalue weighted by Crippen LogP contribution is 2.28. The number of benzene rings is 2. The molecule has 0 amide bonds. The van der Waals surface area contributed by atoms with Crippen LogP contribution in [-0.2, 0) is 6.42 Å². The molecule has 0 bridgehead atoms. The van der Waals surface area contributed by atoms with E-state index in [1.807, 2.05) is 0 Å². The van der Waals surface area contributed by atoms with E-state index in [2.05, 4.69) is 0 Å². The van der Waals surface area contributed by atoms with Crippen LogP contribution in [0.3, 0.4) is 0 Å². The van der Waals surface area contributed by atoms with Crippen molar-refractivity contribution < 1.29 is 28.5 Å². The van der Waals surface area contributed by atoms with E-state index in [4.69, 9.17) is 4.74 Å². The lowest BCUT2D eigenvalue weighted by Crippen LogP contribution is -2.12. The fourth-order valence-corrected chi connectivity index (χ4v) is 1.97. The van der Waals surface area contributed by atoms with E-state index >= 15 is 0 Å². The second kappa shape index (κ2) is 6.43. The molecule has 0 saturated carbocycles. The number of ketones is 1. The number of halogens is 2. The van der Waals surface area contributed by atoms with Gasteiger partial charge < -0.3 is 14.9 Å². The molecule has 2 N–H and O–H groups in total. The lowest BCUT2D eigenvalue weighted by Gasteiger charge is -2.09. The summed E-state index contributed by atoms with van der Waals surface area (Å²) in [7, 11) is 0. The number of phenols is 2. The van der Waals surface area contributed by atoms with E-state index in [9.17, 15) is 23.8 Å². The molecule has 0 aromatic heterocycles. The summed E-state index contributed by atoms with van der Waals surface area (Å²) in [6.07, 6.45) is 0.475. The van der Waals surface area contributed by atoms with Crippen LogP contribution < -0.4 is 4.74 Å². The van der Waals surface area contributed by atoms with Crippen molar-refractivity contribution >= 4 is 5.78 Å². The Hall–Kier alpha value is -2.63. The molecule has 0 unspecified atom stereocenters. The fraction of sp³-hybridized carbons (Fsp3) is 0.188. The highest BCUT2D eigenvalue weighted by atomic mass is 19.1. The van der Waals surface area contributed by atoms with Crippen molar-refractivity contribution in [3.63, 3.8) is 0 Å². The van der Waals surface area contributed by atoms with Crippen LogP contribution in [0, 0.1) is 11.6 Å². The van der Waals surface area contributed by atoms with Crippen molar-refractivity contribution in [1.82, 2.24) is 0 Å². The minimum Gasteiger partial charge on any atom is -0.508 e. The van der Waals surface area contributed by atoms with Crippen LogP contribution in [0.15, 0.2) is 30.3 Å². The zero-order valence-corrected chi connectivity index (χ0v) is 11.8. The summed E-state index contributed by atoms with van der Waals surface area (Å²) in [4.78, 5) is 12.0. The molecular weight excluding hydrogens is 294 g/mol. The van der Waals surface area contributed by atoms with Crippen LogP contribution in [0.4, 0.5) is 8.78 Å². The van der Waals surface area contributed by atoms with Gasteiger partial charge in [0.15, 0.2) is 6.61 Å². The summed E-state index contributed by atoms with van der Waals surface area (Å²) >= 11 is 0. The summed E-state index contributed by atoms with van der Waals surface area (Å²) < 4.78 is 31.1. The second-order valence-corrected chi connectivity index (χ2v) is 4.67. The normalized spacial score (nSPS) is 10.5. The topological polar surface area (TPSA) is 66.8 Å². The molecule has 0 aliphatic heterocycles. The summed E-state index contributed by atoms with van der Waals surface area (Å²) in [5.74, 6) is -2.82. The Kier molecular flexibility index (Phi) is 4.60. The number of Topliss-reactive ketones (excluding diaryl/α,β-unsaturated/α-hetero) is 1. The van der Waals surface area contributed by atoms with Crippen LogP contribution in [0.5, 0.6) is 17.2 Å². The maximum absolute atomic E-state index is 13.0. The third-order valence-corrected chi connectivity index (χ3v) is 3.08. The van der Waals surface area contributed by atoms with Gasteiger partial charge >= 0.3 is 0 Å². The highest BCUT2D eigenvalue weighted by molar-refractivity contribution is 6.00. The average molecular weight is 308 g/mol. The van der Waals surface area contributed by atoms with Crippen molar-refractivity contribution in [1.29, 1.82) is 0 Å². The molecule has 4 nitrogen and oxygen atoms in total. The molecule has 0 aliphatic rings. The Morgan fingerprint density at radius 2 is 1.68 bits per heavy atom. The van der Waals surface area contributed by atoms with Gasteiger partial charge in [-0.25, -0.2) is 8.78 Å². The van der Waals surface area contributed by atoms with E-state index in [0.717, 1.165) is 18.2 Å². The lowest BCUT2D eigenvalue weighted by atomic mass is 10.0. The van der Waals surface area contributed by atoms with E-state index in [1.165, 1.54) is 6.07 Å². The molecule has 0 aliphatic carbocycles. The maximum Gasteiger partial charge on any atom is 0.203 e. The number of carbonyl (C=O) groups excluding carboxylic acids is 1. The summed E-state index contributed by atoms with van der Waals surface area (Å²) in [5, 5.41) is 19.3. The minimum atomic E-state index is -0.816. The molecule has 0 atom stereocenters. The standard InChI is InChI=1S/C16H14F2O4/c1-2-9-3-13(15(20)7-14(9)19)16(21)8-22-12-5-10(17)4-11(18)6-12/h3-7,19-20H,2,8H2,1H3. The minimum absolute atomic E-state index is 0.0217. The number of rotatable bonds is 5. The average Bonchev–Trinajstić information content (AvgIpc) is 2.44. The predicted octanol–water partition coefficient (Wildman–Crippen LogP) is 3.20. The quantitative estimate of drug-likeness (QED) is 0.832. The van der Waals surface area contributed by atoms with Gasteiger partial charge in [0.25, 0.3) is 0 Å². The van der Waals surface area contributed by atoms with Crippen molar-refractivity contribution in [3.8, 4) is 17.2 Å². The van der Waals surface area contributed by atoms with Gasteiger partial charge in [0, 0.05) is 24.3 Å². The highest BCUT2D eigenvalue weighted by Gasteiger charge is 2.15. The molecule has 22 heavy (non-hydrogen) atoms. The summed E-state index contributed by atoms with van der Waals surface area (Å²) in [5.41, 5.74) is 0.476. The zero-order chi connectivity index (χ0) is 16.3. The van der Waals surface area contributed by atoms with E-state index in [0.29, 0.717) is 18.1 Å². The summed E-state index contributed by atoms with van der Waals surface area (Å²) in [6, 6.07) is 5.03. The van der Waals surface area contributed by atoms with Crippen LogP contribution in [0.1, 0.15) is 22.8 Å². The van der Waals surface area contributed by atoms with Gasteiger partial charge in [-0.3, -0.25) is 4.79 Å². The third-order valence-electron chi connectivity index (χ3n) is 3.08. The fourth-order valence-electron chi connectivity index (χ4n) is 1.97. The van der Waals surface area contributed by atoms with Crippen LogP contribution in [0.2, 0.25) is 0 Å². The molecule has 0 radical (unpaired) electrons. The van der Waals surface area contributed by atoms with Gasteiger partial charge in [0.1, 0.15) is 28.9 Å². The molecular formula is C16H14F2O4. The van der Waals surface area contributed by atoms with Gasteiger partial charge in [-0.05, 0) is 18.1 Å². The largest absolute Gasteiger partial charge is 0.508 e. The van der Waals surface area contributed by atoms with E-state index in [1.54, 1.807) is 6.92 Å². The number of aromatic hydroxyl groups is 2. The molecule has 2 rings (SSSR count). The van der Waals surface area contributed by atoms with Gasteiger partial charge in [-0.15, -0.1) is 0 Å². The number of carbonyl (C=O) groups is 1. The first-order valence-electron chi connectivity index (χ1n) is 6.57. The SMILES string of the molecule is CCc1cc(C(=O)COc2cc(F)cc(F)c2)c(O)cc1O. The number of phenolic OH excluding ortho intramolecular Hbond substituents is 2. The molecule has 116 valence electrons. The monoisotopic (exact) mass is 308 g/mol. The molecule has 0 saturated heterocycles. The smallest absolute Gasteiger partial charge is 0.203 e. The molecule has 0 spiro atoms. The molecule has 6 heteroatoms. The molecule has 2 aromatic carbocycles. The Morgan fingerprint density at radius 1 is 1.05 bits per heavy atom. The third kappa shape index (κ3) is 3.52. The number of hydrogen-bond acceptors (Lipinski definition) is 4. The Bertz CT molecular complexity index is 693. The van der Waals surface area contributed by atoms with Crippen LogP contribution >= 0.6 is 0 Å². The lowest BCUT2D eigenvalue weighted by molar-refractivity contribution is 0.0918. The van der Waals surface area contributed by atoms with Crippen molar-refractivity contribution in [2.75, 3.05) is 6.61 Å². The molecule has 0 fully saturated rings. The van der Waals surface area contributed by atoms with Crippen LogP contribution in [-0.4, -0.2) is 22.6 Å². The second-order valence-electron chi connectivity index (χ2n) is 4.67. The van der Waals surface area contributed by atoms with E-state index < -0.39 is 24.0 Å². The Labute approximate surface area is 125 Å². The zero-order valence-electron chi connectivity index (χ0n) is 11.8. The van der Waals surface area contributed by atoms with E-state index in [-0.39, 0.29) is 22.8 Å². The maximum atomic E-state index is 13.0. The van der Waals surface area contributed by atoms with Crippen molar-refractivity contribution in [2.24, 2.45) is 0 Å². The Balaban J connectivity index is 2.15. The number of ether oxygens (including phenoxy) is 1. The summed E-state index contributed by atoms with van der Waals surface area (Å²) in [6.45, 7) is 1.29. The van der Waals surface area contributed by atoms with Gasteiger partial charge in [0.05, 0.1) is 5.56 Å². The first-order chi connectivity index (χ1) is 10.4. The van der Waals surface area contributed by atoms with Gasteiger partial charge in [0.2, 0.25) is 5.78 Å². The Morgan fingerprint density at radius 3 is 2.27 bits per heavy atom. The van der Waals surface area contributed by atoms with Crippen molar-refractivity contribution in [3.05, 3.63) is 53.1 Å². The van der Waals surface area contributed by atoms with Gasteiger partial charge in [-0.1, -0.05) is 6.92 Å². The number of hydrogen-bond donors (Lipinski definition) is 2. The number of aryl methyl sites for hydroxylation is 1. The van der Waals surface area contributed by atoms with Crippen LogP contribution in [0.25, 0.3) is 0 Å². The van der Waals surface area contributed by atoms with Gasteiger partial charge in [-0.2, -0.15) is 0 Å². The predicted molar refractivity (Wildman–Crippen MR) is 75.3 cm³/mol. The first kappa shape index (κ1) is 15.8. The van der Waals surface area contributed by atoms with Crippen molar-refractivity contribution in [2.45, 2.75) is 13.3 Å².